The Hall–Kier alpha value is -1.23. The monoisotopic (exact) mass is 307 g/mol. The van der Waals surface area contributed by atoms with Crippen LogP contribution in [0, 0.1) is 0 Å². The van der Waals surface area contributed by atoms with Gasteiger partial charge in [-0.2, -0.15) is 11.8 Å². The Morgan fingerprint density at radius 2 is 2.19 bits per heavy atom. The van der Waals surface area contributed by atoms with E-state index in [0.717, 1.165) is 24.2 Å². The minimum Gasteiger partial charge on any atom is -0.335 e. The minimum absolute atomic E-state index is 0.0199. The van der Waals surface area contributed by atoms with Gasteiger partial charge < -0.3 is 10.2 Å². The predicted octanol–water partition coefficient (Wildman–Crippen LogP) is 3.46. The number of thioether (sulfide) groups is 1. The lowest BCUT2D eigenvalue weighted by molar-refractivity contribution is 0.190. The van der Waals surface area contributed by atoms with Crippen LogP contribution in [0.5, 0.6) is 0 Å². The zero-order chi connectivity index (χ0) is 15.2. The van der Waals surface area contributed by atoms with Crippen LogP contribution >= 0.6 is 11.8 Å². The molecule has 1 saturated carbocycles. The molecule has 0 unspecified atom stereocenters. The summed E-state index contributed by atoms with van der Waals surface area (Å²) in [4.78, 5) is 18.2. The van der Waals surface area contributed by atoms with Crippen LogP contribution in [-0.4, -0.2) is 40.0 Å². The van der Waals surface area contributed by atoms with Crippen molar-refractivity contribution in [2.75, 3.05) is 12.8 Å². The van der Waals surface area contributed by atoms with Crippen LogP contribution in [0.1, 0.15) is 44.7 Å². The highest BCUT2D eigenvalue weighted by molar-refractivity contribution is 7.99. The highest BCUT2D eigenvalue weighted by Crippen LogP contribution is 2.30. The van der Waals surface area contributed by atoms with E-state index in [-0.39, 0.29) is 12.1 Å². The van der Waals surface area contributed by atoms with Crippen molar-refractivity contribution in [1.29, 1.82) is 0 Å². The Kier molecular flexibility index (Phi) is 5.91. The van der Waals surface area contributed by atoms with Crippen molar-refractivity contribution in [3.05, 3.63) is 30.1 Å². The Morgan fingerprint density at radius 1 is 1.48 bits per heavy atom. The van der Waals surface area contributed by atoms with Crippen LogP contribution in [0.3, 0.4) is 0 Å². The van der Waals surface area contributed by atoms with E-state index in [1.165, 1.54) is 6.42 Å². The van der Waals surface area contributed by atoms with Crippen molar-refractivity contribution >= 4 is 17.8 Å². The van der Waals surface area contributed by atoms with Crippen LogP contribution in [0.15, 0.2) is 24.5 Å². The first-order valence-electron chi connectivity index (χ1n) is 7.66. The maximum atomic E-state index is 12.4. The number of carbonyl (C=O) groups is 1. The normalized spacial score (nSPS) is 22.8. The Bertz CT molecular complexity index is 454. The van der Waals surface area contributed by atoms with Crippen molar-refractivity contribution in [2.24, 2.45) is 0 Å². The molecule has 1 fully saturated rings. The summed E-state index contributed by atoms with van der Waals surface area (Å²) >= 11 is 2.01. The summed E-state index contributed by atoms with van der Waals surface area (Å²) in [6.07, 6.45) is 6.94. The predicted molar refractivity (Wildman–Crippen MR) is 88.5 cm³/mol. The molecule has 4 nitrogen and oxygen atoms in total. The van der Waals surface area contributed by atoms with Crippen molar-refractivity contribution in [3.8, 4) is 0 Å². The fraction of sp³-hybridized carbons (Fsp3) is 0.625. The number of urea groups is 1. The van der Waals surface area contributed by atoms with E-state index in [1.54, 1.807) is 17.3 Å². The third kappa shape index (κ3) is 4.37. The number of hydrogen-bond acceptors (Lipinski definition) is 3. The minimum atomic E-state index is 0.0199. The number of nitrogens with zero attached hydrogens (tertiary/aromatic N) is 2. The lowest BCUT2D eigenvalue weighted by Crippen LogP contribution is -2.43. The maximum absolute atomic E-state index is 12.4. The van der Waals surface area contributed by atoms with Gasteiger partial charge in [0.05, 0.1) is 6.04 Å². The highest BCUT2D eigenvalue weighted by Gasteiger charge is 2.27. The molecule has 0 radical (unpaired) electrons. The molecule has 1 aromatic heterocycles. The Balaban J connectivity index is 1.86. The highest BCUT2D eigenvalue weighted by atomic mass is 32.2. The van der Waals surface area contributed by atoms with Crippen LogP contribution in [0.2, 0.25) is 0 Å². The molecule has 2 rings (SSSR count). The summed E-state index contributed by atoms with van der Waals surface area (Å²) in [5.41, 5.74) is 1.11. The fourth-order valence-electron chi connectivity index (χ4n) is 2.78. The third-order valence-corrected chi connectivity index (χ3v) is 5.44. The van der Waals surface area contributed by atoms with E-state index in [9.17, 15) is 4.79 Å². The zero-order valence-electron chi connectivity index (χ0n) is 13.1. The Labute approximate surface area is 131 Å². The molecule has 2 amide bonds. The second-order valence-corrected chi connectivity index (χ2v) is 7.18. The number of pyridine rings is 1. The van der Waals surface area contributed by atoms with Crippen molar-refractivity contribution in [2.45, 2.75) is 50.4 Å². The van der Waals surface area contributed by atoms with Gasteiger partial charge in [0.1, 0.15) is 0 Å². The smallest absolute Gasteiger partial charge is 0.317 e. The molecule has 0 aliphatic heterocycles. The molecule has 1 aliphatic rings. The SMILES string of the molecule is CCS[C@@H]1CC[C@H](NC(=O)N(C)[C@@H](C)c2ccncc2)C1. The third-order valence-electron chi connectivity index (χ3n) is 4.20. The quantitative estimate of drug-likeness (QED) is 0.906. The van der Waals surface area contributed by atoms with E-state index < -0.39 is 0 Å². The van der Waals surface area contributed by atoms with E-state index in [0.29, 0.717) is 11.3 Å². The summed E-state index contributed by atoms with van der Waals surface area (Å²) in [5.74, 6) is 1.16. The van der Waals surface area contributed by atoms with E-state index in [4.69, 9.17) is 0 Å². The second kappa shape index (κ2) is 7.69. The molecule has 1 aliphatic carbocycles. The molecule has 116 valence electrons. The van der Waals surface area contributed by atoms with Gasteiger partial charge in [-0.15, -0.1) is 0 Å². The van der Waals surface area contributed by atoms with E-state index in [1.807, 2.05) is 37.9 Å². The molecule has 0 saturated heterocycles. The van der Waals surface area contributed by atoms with Crippen LogP contribution in [0.4, 0.5) is 4.79 Å². The molecule has 0 aromatic carbocycles. The zero-order valence-corrected chi connectivity index (χ0v) is 13.9. The van der Waals surface area contributed by atoms with E-state index in [2.05, 4.69) is 17.2 Å². The van der Waals surface area contributed by atoms with Gasteiger partial charge in [0.2, 0.25) is 0 Å². The van der Waals surface area contributed by atoms with Gasteiger partial charge in [-0.05, 0) is 49.6 Å². The number of carbonyl (C=O) groups excluding carboxylic acids is 1. The number of amides is 2. The molecular weight excluding hydrogens is 282 g/mol. The molecule has 3 atom stereocenters. The van der Waals surface area contributed by atoms with Gasteiger partial charge in [-0.3, -0.25) is 4.98 Å². The molecule has 0 bridgehead atoms. The van der Waals surface area contributed by atoms with Gasteiger partial charge in [0.25, 0.3) is 0 Å². The van der Waals surface area contributed by atoms with E-state index >= 15 is 0 Å². The van der Waals surface area contributed by atoms with Gasteiger partial charge in [-0.25, -0.2) is 4.79 Å². The summed E-state index contributed by atoms with van der Waals surface area (Å²) in [6.45, 7) is 4.24. The summed E-state index contributed by atoms with van der Waals surface area (Å²) in [7, 11) is 1.85. The lowest BCUT2D eigenvalue weighted by Gasteiger charge is -2.27. The average molecular weight is 307 g/mol. The Morgan fingerprint density at radius 3 is 2.86 bits per heavy atom. The average Bonchev–Trinajstić information content (AvgIpc) is 2.94. The molecule has 1 heterocycles. The molecule has 1 aromatic rings. The summed E-state index contributed by atoms with van der Waals surface area (Å²) < 4.78 is 0. The second-order valence-electron chi connectivity index (χ2n) is 5.60. The molecular formula is C16H25N3OS. The summed E-state index contributed by atoms with van der Waals surface area (Å²) in [5, 5.41) is 3.89. The topological polar surface area (TPSA) is 45.2 Å². The molecule has 1 N–H and O–H groups in total. The first kappa shape index (κ1) is 16.1. The van der Waals surface area contributed by atoms with Gasteiger partial charge in [0.15, 0.2) is 0 Å². The maximum Gasteiger partial charge on any atom is 0.317 e. The van der Waals surface area contributed by atoms with Crippen LogP contribution < -0.4 is 5.32 Å². The summed E-state index contributed by atoms with van der Waals surface area (Å²) in [6, 6.07) is 4.31. The molecule has 5 heteroatoms. The molecule has 0 spiro atoms. The van der Waals surface area contributed by atoms with Crippen molar-refractivity contribution < 1.29 is 4.79 Å². The largest absolute Gasteiger partial charge is 0.335 e. The first-order chi connectivity index (χ1) is 10.1. The van der Waals surface area contributed by atoms with Gasteiger partial charge >= 0.3 is 6.03 Å². The van der Waals surface area contributed by atoms with Crippen LogP contribution in [0.25, 0.3) is 0 Å². The van der Waals surface area contributed by atoms with Crippen LogP contribution in [-0.2, 0) is 0 Å². The van der Waals surface area contributed by atoms with Crippen molar-refractivity contribution in [3.63, 3.8) is 0 Å². The number of hydrogen-bond donors (Lipinski definition) is 1. The standard InChI is InChI=1S/C16H25N3OS/c1-4-21-15-6-5-14(11-15)18-16(20)19(3)12(2)13-7-9-17-10-8-13/h7-10,12,14-15H,4-6,11H2,1-3H3,(H,18,20)/t12-,14-,15+/m0/s1. The molecule has 21 heavy (non-hydrogen) atoms. The van der Waals surface area contributed by atoms with Gasteiger partial charge in [-0.1, -0.05) is 6.92 Å². The van der Waals surface area contributed by atoms with Crippen molar-refractivity contribution in [1.82, 2.24) is 15.2 Å². The van der Waals surface area contributed by atoms with Gasteiger partial charge in [0, 0.05) is 30.7 Å². The number of rotatable bonds is 5. The number of aromatic nitrogens is 1. The first-order valence-corrected chi connectivity index (χ1v) is 8.71. The fourth-order valence-corrected chi connectivity index (χ4v) is 3.92. The number of nitrogens with one attached hydrogen (secondary N) is 1. The lowest BCUT2D eigenvalue weighted by atomic mass is 10.1.